The molecule has 0 spiro atoms. The molecule has 0 aliphatic rings. The second-order valence-electron chi connectivity index (χ2n) is 1.41. The van der Waals surface area contributed by atoms with Gasteiger partial charge < -0.3 is 5.11 Å². The zero-order chi connectivity index (χ0) is 7.82. The molecule has 0 amide bonds. The summed E-state index contributed by atoms with van der Waals surface area (Å²) in [6, 6.07) is 0. The van der Waals surface area contributed by atoms with Crippen molar-refractivity contribution >= 4 is 24.8 Å². The largest absolute Gasteiger partial charge is 0.396 e. The van der Waals surface area contributed by atoms with Crippen LogP contribution in [0, 0.1) is 0 Å². The van der Waals surface area contributed by atoms with Crippen LogP contribution in [0.15, 0.2) is 16.1 Å². The van der Waals surface area contributed by atoms with E-state index in [1.165, 1.54) is 11.8 Å². The van der Waals surface area contributed by atoms with Crippen LogP contribution >= 0.6 is 11.8 Å². The van der Waals surface area contributed by atoms with Crippen LogP contribution in [0.25, 0.3) is 0 Å². The first-order chi connectivity index (χ1) is 4.85. The van der Waals surface area contributed by atoms with Crippen LogP contribution in [-0.2, 0) is 4.79 Å². The van der Waals surface area contributed by atoms with Crippen molar-refractivity contribution in [3.8, 4) is 0 Å². The quantitative estimate of drug-likeness (QED) is 0.274. The highest BCUT2D eigenvalue weighted by Gasteiger charge is 1.87. The maximum atomic E-state index is 10.1. The number of aliphatic hydroxyl groups excluding tert-OH is 1. The van der Waals surface area contributed by atoms with E-state index >= 15 is 0 Å². The molecule has 0 unspecified atom stereocenters. The van der Waals surface area contributed by atoms with Crippen LogP contribution in [-0.4, -0.2) is 30.5 Å². The van der Waals surface area contributed by atoms with Gasteiger partial charge in [0.15, 0.2) is 6.29 Å². The van der Waals surface area contributed by atoms with Crippen molar-refractivity contribution in [3.63, 3.8) is 0 Å². The SMILES string of the molecule is C=N/C(C=O)=C\SCCO. The van der Waals surface area contributed by atoms with Gasteiger partial charge in [0.1, 0.15) is 5.70 Å². The van der Waals surface area contributed by atoms with Gasteiger partial charge in [-0.15, -0.1) is 11.8 Å². The number of aliphatic hydroxyl groups is 1. The number of carbonyl (C=O) groups is 1. The van der Waals surface area contributed by atoms with Crippen molar-refractivity contribution in [3.05, 3.63) is 11.1 Å². The molecule has 0 bridgehead atoms. The zero-order valence-corrected chi connectivity index (χ0v) is 6.30. The second kappa shape index (κ2) is 6.51. The number of aliphatic imine (C=N–C) groups is 1. The lowest BCUT2D eigenvalue weighted by Crippen LogP contribution is -1.83. The van der Waals surface area contributed by atoms with E-state index in [4.69, 9.17) is 5.11 Å². The van der Waals surface area contributed by atoms with Crippen LogP contribution in [0.1, 0.15) is 0 Å². The number of aldehydes is 1. The van der Waals surface area contributed by atoms with Crippen molar-refractivity contribution in [1.82, 2.24) is 0 Å². The molecule has 10 heavy (non-hydrogen) atoms. The summed E-state index contributed by atoms with van der Waals surface area (Å²) in [5.41, 5.74) is 0.304. The molecular weight excluding hydrogens is 150 g/mol. The minimum absolute atomic E-state index is 0.102. The molecule has 3 nitrogen and oxygen atoms in total. The van der Waals surface area contributed by atoms with Crippen LogP contribution in [0.3, 0.4) is 0 Å². The third-order valence-corrected chi connectivity index (χ3v) is 1.54. The molecule has 0 saturated heterocycles. The molecule has 0 aliphatic heterocycles. The summed E-state index contributed by atoms with van der Waals surface area (Å²) in [7, 11) is 0. The molecule has 56 valence electrons. The van der Waals surface area contributed by atoms with Crippen molar-refractivity contribution < 1.29 is 9.90 Å². The summed E-state index contributed by atoms with van der Waals surface area (Å²) in [6.45, 7) is 3.29. The highest BCUT2D eigenvalue weighted by atomic mass is 32.2. The van der Waals surface area contributed by atoms with Gasteiger partial charge in [-0.3, -0.25) is 9.79 Å². The second-order valence-corrected chi connectivity index (χ2v) is 2.39. The Morgan fingerprint density at radius 2 is 2.50 bits per heavy atom. The normalized spacial score (nSPS) is 11.1. The van der Waals surface area contributed by atoms with E-state index in [9.17, 15) is 4.79 Å². The third-order valence-electron chi connectivity index (χ3n) is 0.717. The van der Waals surface area contributed by atoms with Crippen molar-refractivity contribution in [2.45, 2.75) is 0 Å². The van der Waals surface area contributed by atoms with Crippen LogP contribution in [0.4, 0.5) is 0 Å². The summed E-state index contributed by atoms with van der Waals surface area (Å²) in [5, 5.41) is 9.91. The van der Waals surface area contributed by atoms with Gasteiger partial charge in [0, 0.05) is 5.75 Å². The van der Waals surface area contributed by atoms with Gasteiger partial charge in [-0.1, -0.05) is 0 Å². The summed E-state index contributed by atoms with van der Waals surface area (Å²) >= 11 is 1.33. The summed E-state index contributed by atoms with van der Waals surface area (Å²) < 4.78 is 0. The lowest BCUT2D eigenvalue weighted by atomic mass is 10.6. The lowest BCUT2D eigenvalue weighted by Gasteiger charge is -1.89. The summed E-state index contributed by atoms with van der Waals surface area (Å²) in [5.74, 6) is 0.576. The molecule has 0 aromatic heterocycles. The van der Waals surface area contributed by atoms with Crippen LogP contribution in [0.5, 0.6) is 0 Å². The van der Waals surface area contributed by atoms with Gasteiger partial charge in [0.2, 0.25) is 0 Å². The van der Waals surface area contributed by atoms with Gasteiger partial charge in [-0.05, 0) is 12.1 Å². The molecule has 0 rings (SSSR count). The molecule has 0 aromatic carbocycles. The van der Waals surface area contributed by atoms with Gasteiger partial charge in [0.05, 0.1) is 6.61 Å². The Morgan fingerprint density at radius 3 is 2.90 bits per heavy atom. The highest BCUT2D eigenvalue weighted by molar-refractivity contribution is 8.02. The standard InChI is InChI=1S/C6H9NO2S/c1-7-6(4-9)5-10-3-2-8/h4-5,8H,1-3H2/b6-5-. The van der Waals surface area contributed by atoms with E-state index < -0.39 is 0 Å². The minimum Gasteiger partial charge on any atom is -0.396 e. The summed E-state index contributed by atoms with van der Waals surface area (Å²) in [6.07, 6.45) is 0.622. The van der Waals surface area contributed by atoms with Gasteiger partial charge in [-0.2, -0.15) is 0 Å². The Hall–Kier alpha value is -0.610. The monoisotopic (exact) mass is 159 g/mol. The van der Waals surface area contributed by atoms with E-state index in [2.05, 4.69) is 11.7 Å². The fourth-order valence-corrected chi connectivity index (χ4v) is 0.823. The molecule has 0 aliphatic carbocycles. The lowest BCUT2D eigenvalue weighted by molar-refractivity contribution is -0.104. The van der Waals surface area contributed by atoms with E-state index in [1.54, 1.807) is 5.41 Å². The first-order valence-corrected chi connectivity index (χ1v) is 3.74. The first kappa shape index (κ1) is 9.39. The van der Waals surface area contributed by atoms with Crippen molar-refractivity contribution in [2.24, 2.45) is 4.99 Å². The fraction of sp³-hybridized carbons (Fsp3) is 0.333. The van der Waals surface area contributed by atoms with Crippen molar-refractivity contribution in [2.75, 3.05) is 12.4 Å². The Morgan fingerprint density at radius 1 is 1.80 bits per heavy atom. The van der Waals surface area contributed by atoms with E-state index in [0.29, 0.717) is 17.7 Å². The minimum atomic E-state index is 0.102. The van der Waals surface area contributed by atoms with Crippen LogP contribution < -0.4 is 0 Å². The number of hydrogen-bond donors (Lipinski definition) is 1. The number of allylic oxidation sites excluding steroid dienone is 1. The van der Waals surface area contributed by atoms with Gasteiger partial charge in [0.25, 0.3) is 0 Å². The van der Waals surface area contributed by atoms with E-state index in [0.717, 1.165) is 0 Å². The fourth-order valence-electron chi connectivity index (χ4n) is 0.299. The summed E-state index contributed by atoms with van der Waals surface area (Å²) in [4.78, 5) is 13.5. The van der Waals surface area contributed by atoms with Gasteiger partial charge >= 0.3 is 0 Å². The Kier molecular flexibility index (Phi) is 6.11. The molecule has 0 heterocycles. The number of nitrogens with zero attached hydrogens (tertiary/aromatic N) is 1. The van der Waals surface area contributed by atoms with Crippen molar-refractivity contribution in [1.29, 1.82) is 0 Å². The molecule has 0 atom stereocenters. The molecule has 0 aromatic rings. The smallest absolute Gasteiger partial charge is 0.168 e. The highest BCUT2D eigenvalue weighted by Crippen LogP contribution is 2.04. The zero-order valence-electron chi connectivity index (χ0n) is 5.49. The number of carbonyl (C=O) groups excluding carboxylic acids is 1. The maximum Gasteiger partial charge on any atom is 0.168 e. The van der Waals surface area contributed by atoms with Crippen LogP contribution in [0.2, 0.25) is 0 Å². The predicted octanol–water partition coefficient (Wildman–Crippen LogP) is 0.453. The predicted molar refractivity (Wildman–Crippen MR) is 43.2 cm³/mol. The van der Waals surface area contributed by atoms with Gasteiger partial charge in [-0.25, -0.2) is 0 Å². The third kappa shape index (κ3) is 4.29. The van der Waals surface area contributed by atoms with E-state index in [1.807, 2.05) is 0 Å². The topological polar surface area (TPSA) is 49.7 Å². The average Bonchev–Trinajstić information content (AvgIpc) is 1.99. The first-order valence-electron chi connectivity index (χ1n) is 2.69. The molecule has 0 saturated carbocycles. The molecule has 0 fully saturated rings. The molecule has 0 radical (unpaired) electrons. The maximum absolute atomic E-state index is 10.1. The number of thioether (sulfide) groups is 1. The Bertz CT molecular complexity index is 135. The Balaban J connectivity index is 3.63. The molecule has 1 N–H and O–H groups in total. The average molecular weight is 159 g/mol. The molecule has 4 heteroatoms. The number of hydrogen-bond acceptors (Lipinski definition) is 4. The number of rotatable bonds is 5. The Labute approximate surface area is 63.8 Å². The molecular formula is C6H9NO2S. The van der Waals surface area contributed by atoms with E-state index in [-0.39, 0.29) is 6.61 Å².